The summed E-state index contributed by atoms with van der Waals surface area (Å²) in [7, 11) is -8.76. The third-order valence-corrected chi connectivity index (χ3v) is 8.59. The number of aliphatic hydroxyl groups is 1. The van der Waals surface area contributed by atoms with E-state index in [0.717, 1.165) is 4.90 Å². The smallest absolute Gasteiger partial charge is 0.241 e. The molecule has 2 aromatic rings. The number of nitrogens with one attached hydrogen (secondary N) is 5. The molecule has 0 saturated carbocycles. The first-order valence-electron chi connectivity index (χ1n) is 10.1. The predicted octanol–water partition coefficient (Wildman–Crippen LogP) is -2.23. The molecule has 0 radical (unpaired) electrons. The van der Waals surface area contributed by atoms with Crippen LogP contribution in [-0.2, 0) is 20.0 Å². The summed E-state index contributed by atoms with van der Waals surface area (Å²) >= 11 is 1.38. The molecule has 2 aromatic carbocycles. The van der Waals surface area contributed by atoms with Gasteiger partial charge in [-0.25, -0.2) is 37.5 Å². The minimum Gasteiger partial charge on any atom is -0.391 e. The SMILES string of the molecule is NCCNS(=O)(=O)c1ccc(-c2cccc(SC[C@H](O)CN)c2)c(C2NNNN2)c1S(N)(=O)=O. The first kappa shape index (κ1) is 26.9. The number of aliphatic hydroxyl groups excluding tert-OH is 1. The third-order valence-electron chi connectivity index (χ3n) is 4.81. The zero-order valence-corrected chi connectivity index (χ0v) is 20.4. The van der Waals surface area contributed by atoms with Crippen LogP contribution < -0.4 is 43.2 Å². The van der Waals surface area contributed by atoms with E-state index in [9.17, 15) is 21.9 Å². The Bertz CT molecular complexity index is 1220. The van der Waals surface area contributed by atoms with Crippen LogP contribution in [-0.4, -0.2) is 53.4 Å². The lowest BCUT2D eigenvalue weighted by Gasteiger charge is -2.22. The third kappa shape index (κ3) is 6.30. The second-order valence-corrected chi connectivity index (χ2v) is 11.6. The molecule has 3 rings (SSSR count). The van der Waals surface area contributed by atoms with Crippen molar-refractivity contribution in [3.8, 4) is 11.1 Å². The molecule has 1 aliphatic rings. The Labute approximate surface area is 202 Å². The molecule has 0 aromatic heterocycles. The van der Waals surface area contributed by atoms with Crippen molar-refractivity contribution < 1.29 is 21.9 Å². The van der Waals surface area contributed by atoms with Crippen LogP contribution in [0, 0.1) is 0 Å². The van der Waals surface area contributed by atoms with Crippen molar-refractivity contribution in [2.24, 2.45) is 16.6 Å². The number of thioether (sulfide) groups is 1. The Morgan fingerprint density at radius 1 is 1.09 bits per heavy atom. The van der Waals surface area contributed by atoms with E-state index in [0.29, 0.717) is 16.9 Å². The Hall–Kier alpha value is -1.67. The summed E-state index contributed by atoms with van der Waals surface area (Å²) in [5, 5.41) is 15.3. The van der Waals surface area contributed by atoms with Crippen LogP contribution in [0.4, 0.5) is 0 Å². The first-order valence-corrected chi connectivity index (χ1v) is 14.1. The molecule has 1 fully saturated rings. The number of hydrazine groups is 3. The zero-order chi connectivity index (χ0) is 24.9. The van der Waals surface area contributed by atoms with Gasteiger partial charge in [0.25, 0.3) is 0 Å². The minimum absolute atomic E-state index is 0.0256. The van der Waals surface area contributed by atoms with E-state index in [4.69, 9.17) is 16.6 Å². The summed E-state index contributed by atoms with van der Waals surface area (Å²) in [6.45, 7) is 0.0694. The van der Waals surface area contributed by atoms with Crippen molar-refractivity contribution in [1.82, 2.24) is 26.6 Å². The quantitative estimate of drug-likeness (QED) is 0.140. The van der Waals surface area contributed by atoms with Crippen molar-refractivity contribution in [1.29, 1.82) is 0 Å². The molecule has 1 atom stereocenters. The average Bonchev–Trinajstić information content (AvgIpc) is 3.34. The molecule has 1 saturated heterocycles. The van der Waals surface area contributed by atoms with Crippen LogP contribution in [0.15, 0.2) is 51.1 Å². The molecule has 1 heterocycles. The molecule has 13 nitrogen and oxygen atoms in total. The molecule has 0 aliphatic carbocycles. The summed E-state index contributed by atoms with van der Waals surface area (Å²) in [4.78, 5) is -0.242. The van der Waals surface area contributed by atoms with Gasteiger partial charge in [0.15, 0.2) is 0 Å². The van der Waals surface area contributed by atoms with Crippen LogP contribution in [0.25, 0.3) is 11.1 Å². The highest BCUT2D eigenvalue weighted by molar-refractivity contribution is 7.99. The fourth-order valence-electron chi connectivity index (χ4n) is 3.30. The number of rotatable bonds is 11. The van der Waals surface area contributed by atoms with Crippen LogP contribution in [0.2, 0.25) is 0 Å². The van der Waals surface area contributed by atoms with Crippen LogP contribution >= 0.6 is 11.8 Å². The molecule has 0 amide bonds. The van der Waals surface area contributed by atoms with Gasteiger partial charge >= 0.3 is 0 Å². The molecule has 34 heavy (non-hydrogen) atoms. The molecule has 0 bridgehead atoms. The molecule has 1 aliphatic heterocycles. The van der Waals surface area contributed by atoms with Crippen molar-refractivity contribution >= 4 is 31.8 Å². The van der Waals surface area contributed by atoms with E-state index < -0.39 is 42.1 Å². The highest BCUT2D eigenvalue weighted by Gasteiger charge is 2.34. The highest BCUT2D eigenvalue weighted by Crippen LogP contribution is 2.37. The highest BCUT2D eigenvalue weighted by atomic mass is 32.2. The van der Waals surface area contributed by atoms with Gasteiger partial charge in [0, 0.05) is 35.8 Å². The number of primary sulfonamides is 1. The van der Waals surface area contributed by atoms with Gasteiger partial charge in [0.2, 0.25) is 20.0 Å². The van der Waals surface area contributed by atoms with E-state index in [1.54, 1.807) is 18.2 Å². The molecular formula is C18H28N8O5S3. The summed E-state index contributed by atoms with van der Waals surface area (Å²) < 4.78 is 53.6. The number of sulfonamides is 2. The van der Waals surface area contributed by atoms with E-state index in [1.807, 2.05) is 6.07 Å². The van der Waals surface area contributed by atoms with E-state index in [2.05, 4.69) is 26.6 Å². The number of hydrogen-bond donors (Lipinski definition) is 9. The van der Waals surface area contributed by atoms with Crippen LogP contribution in [0.3, 0.4) is 0 Å². The Morgan fingerprint density at radius 2 is 1.79 bits per heavy atom. The monoisotopic (exact) mass is 532 g/mol. The molecule has 12 N–H and O–H groups in total. The summed E-state index contributed by atoms with van der Waals surface area (Å²) in [6, 6.07) is 9.88. The topological polar surface area (TPSA) is 227 Å². The fourth-order valence-corrected chi connectivity index (χ4v) is 6.91. The van der Waals surface area contributed by atoms with E-state index in [1.165, 1.54) is 23.9 Å². The van der Waals surface area contributed by atoms with Gasteiger partial charge in [-0.3, -0.25) is 0 Å². The van der Waals surface area contributed by atoms with E-state index >= 15 is 0 Å². The first-order chi connectivity index (χ1) is 16.1. The predicted molar refractivity (Wildman–Crippen MR) is 129 cm³/mol. The fraction of sp³-hybridized carbons (Fsp3) is 0.333. The van der Waals surface area contributed by atoms with Gasteiger partial charge < -0.3 is 16.6 Å². The van der Waals surface area contributed by atoms with E-state index in [-0.39, 0.29) is 25.2 Å². The second-order valence-electron chi connectivity index (χ2n) is 7.29. The van der Waals surface area contributed by atoms with Crippen molar-refractivity contribution in [3.63, 3.8) is 0 Å². The summed E-state index contributed by atoms with van der Waals surface area (Å²) in [6.07, 6.45) is -1.53. The molecule has 16 heteroatoms. The van der Waals surface area contributed by atoms with Crippen molar-refractivity contribution in [2.75, 3.05) is 25.4 Å². The van der Waals surface area contributed by atoms with Gasteiger partial charge in [-0.1, -0.05) is 18.2 Å². The number of nitrogens with two attached hydrogens (primary N) is 3. The average molecular weight is 533 g/mol. The Kier molecular flexibility index (Phi) is 9.01. The van der Waals surface area contributed by atoms with Gasteiger partial charge in [-0.2, -0.15) is 11.1 Å². The maximum atomic E-state index is 12.9. The van der Waals surface area contributed by atoms with Gasteiger partial charge in [0.1, 0.15) is 16.0 Å². The van der Waals surface area contributed by atoms with Gasteiger partial charge in [0.05, 0.1) is 6.10 Å². The Balaban J connectivity index is 2.21. The standard InChI is InChI=1S/C18H28N8O5S3/c19-6-7-22-34(30,31)15-5-4-14(11-2-1-3-13(8-11)32-10-12(27)9-20)16(17(15)33(21,28)29)18-23-25-26-24-18/h1-5,8,12,18,22-27H,6-7,9-10,19-20H2,(H2,21,28,29)/t12-/m1/s1. The van der Waals surface area contributed by atoms with Crippen molar-refractivity contribution in [2.45, 2.75) is 27.0 Å². The molecule has 188 valence electrons. The lowest BCUT2D eigenvalue weighted by Crippen LogP contribution is -2.33. The Morgan fingerprint density at radius 3 is 2.41 bits per heavy atom. The molecule has 0 unspecified atom stereocenters. The lowest BCUT2D eigenvalue weighted by atomic mass is 9.98. The van der Waals surface area contributed by atoms with Crippen LogP contribution in [0.1, 0.15) is 11.7 Å². The molecule has 0 spiro atoms. The zero-order valence-electron chi connectivity index (χ0n) is 18.0. The lowest BCUT2D eigenvalue weighted by molar-refractivity contribution is 0.208. The largest absolute Gasteiger partial charge is 0.391 e. The maximum Gasteiger partial charge on any atom is 0.241 e. The summed E-state index contributed by atoms with van der Waals surface area (Å²) in [5.41, 5.74) is 22.8. The minimum atomic E-state index is -4.51. The molecular weight excluding hydrogens is 504 g/mol. The van der Waals surface area contributed by atoms with Crippen LogP contribution in [0.5, 0.6) is 0 Å². The second kappa shape index (κ2) is 11.4. The number of hydrogen-bond acceptors (Lipinski definition) is 12. The normalized spacial score (nSPS) is 16.1. The van der Waals surface area contributed by atoms with Crippen molar-refractivity contribution in [3.05, 3.63) is 42.0 Å². The van der Waals surface area contributed by atoms with Gasteiger partial charge in [-0.15, -0.1) is 11.8 Å². The summed E-state index contributed by atoms with van der Waals surface area (Å²) in [5.74, 6) is 0.374. The number of benzene rings is 2. The maximum absolute atomic E-state index is 12.9. The van der Waals surface area contributed by atoms with Gasteiger partial charge in [-0.05, 0) is 29.3 Å².